The van der Waals surface area contributed by atoms with E-state index >= 15 is 0 Å². The van der Waals surface area contributed by atoms with E-state index in [1.807, 2.05) is 0 Å². The minimum Gasteiger partial charge on any atom is -0.388 e. The molecule has 0 atom stereocenters. The van der Waals surface area contributed by atoms with Gasteiger partial charge >= 0.3 is 6.18 Å². The second kappa shape index (κ2) is 5.33. The van der Waals surface area contributed by atoms with Crippen LogP contribution in [0.15, 0.2) is 18.2 Å². The zero-order valence-electron chi connectivity index (χ0n) is 10.8. The summed E-state index contributed by atoms with van der Waals surface area (Å²) < 4.78 is 38.4. The highest BCUT2D eigenvalue weighted by Crippen LogP contribution is 2.34. The molecular weight excluding hydrogens is 269 g/mol. The van der Waals surface area contributed by atoms with Crippen LogP contribution >= 0.6 is 0 Å². The van der Waals surface area contributed by atoms with Gasteiger partial charge in [0.25, 0.3) is 0 Å². The van der Waals surface area contributed by atoms with Crippen molar-refractivity contribution in [3.8, 4) is 6.07 Å². The number of hydrogen-bond acceptors (Lipinski definition) is 3. The van der Waals surface area contributed by atoms with Gasteiger partial charge in [-0.3, -0.25) is 0 Å². The molecule has 1 aromatic rings. The fraction of sp³-hybridized carbons (Fsp3) is 0.500. The lowest BCUT2D eigenvalue weighted by atomic mass is 10.0. The van der Waals surface area contributed by atoms with Gasteiger partial charge in [-0.1, -0.05) is 12.8 Å². The van der Waals surface area contributed by atoms with Crippen LogP contribution in [0.5, 0.6) is 0 Å². The quantitative estimate of drug-likeness (QED) is 0.895. The average Bonchev–Trinajstić information content (AvgIpc) is 2.82. The van der Waals surface area contributed by atoms with Crippen molar-refractivity contribution in [3.63, 3.8) is 0 Å². The van der Waals surface area contributed by atoms with Crippen LogP contribution in [0.25, 0.3) is 0 Å². The number of nitrogens with zero attached hydrogens (tertiary/aromatic N) is 1. The molecule has 0 spiro atoms. The van der Waals surface area contributed by atoms with E-state index in [4.69, 9.17) is 5.26 Å². The van der Waals surface area contributed by atoms with E-state index in [0.29, 0.717) is 12.8 Å². The molecule has 1 aliphatic carbocycles. The molecule has 1 aliphatic rings. The van der Waals surface area contributed by atoms with Gasteiger partial charge in [0.15, 0.2) is 0 Å². The summed E-state index contributed by atoms with van der Waals surface area (Å²) in [6.45, 7) is 0.218. The molecule has 0 heterocycles. The van der Waals surface area contributed by atoms with E-state index in [-0.39, 0.29) is 12.2 Å². The Kier molecular flexibility index (Phi) is 3.91. The van der Waals surface area contributed by atoms with Crippen LogP contribution in [-0.2, 0) is 6.18 Å². The van der Waals surface area contributed by atoms with Gasteiger partial charge in [-0.25, -0.2) is 0 Å². The predicted molar refractivity (Wildman–Crippen MR) is 68.1 cm³/mol. The van der Waals surface area contributed by atoms with Crippen molar-refractivity contribution in [1.29, 1.82) is 5.26 Å². The standard InChI is InChI=1S/C14H15F3N2O/c15-14(16,17)12-7-11(4-3-10(12)8-18)19-9-13(20)5-1-2-6-13/h3-4,7,19-20H,1-2,5-6,9H2. The lowest BCUT2D eigenvalue weighted by molar-refractivity contribution is -0.137. The van der Waals surface area contributed by atoms with Crippen LogP contribution in [0.2, 0.25) is 0 Å². The third kappa shape index (κ3) is 3.23. The maximum atomic E-state index is 12.8. The van der Waals surface area contributed by atoms with Gasteiger partial charge in [0.1, 0.15) is 0 Å². The van der Waals surface area contributed by atoms with E-state index in [2.05, 4.69) is 5.32 Å². The smallest absolute Gasteiger partial charge is 0.388 e. The second-order valence-corrected chi connectivity index (χ2v) is 5.15. The van der Waals surface area contributed by atoms with Crippen molar-refractivity contribution >= 4 is 5.69 Å². The topological polar surface area (TPSA) is 56.0 Å². The maximum absolute atomic E-state index is 12.8. The zero-order valence-corrected chi connectivity index (χ0v) is 10.8. The summed E-state index contributed by atoms with van der Waals surface area (Å²) in [6, 6.07) is 5.02. The van der Waals surface area contributed by atoms with Crippen molar-refractivity contribution in [3.05, 3.63) is 29.3 Å². The Morgan fingerprint density at radius 1 is 1.30 bits per heavy atom. The summed E-state index contributed by atoms with van der Waals surface area (Å²) in [6.07, 6.45) is -1.39. The molecule has 1 aromatic carbocycles. The Hall–Kier alpha value is -1.74. The molecule has 0 unspecified atom stereocenters. The van der Waals surface area contributed by atoms with Crippen LogP contribution in [0, 0.1) is 11.3 Å². The van der Waals surface area contributed by atoms with Crippen LogP contribution in [0.1, 0.15) is 36.8 Å². The molecule has 1 saturated carbocycles. The van der Waals surface area contributed by atoms with E-state index in [1.165, 1.54) is 12.1 Å². The van der Waals surface area contributed by atoms with Crippen molar-refractivity contribution in [2.24, 2.45) is 0 Å². The van der Waals surface area contributed by atoms with Crippen LogP contribution < -0.4 is 5.32 Å². The monoisotopic (exact) mass is 284 g/mol. The average molecular weight is 284 g/mol. The molecule has 1 fully saturated rings. The fourth-order valence-corrected chi connectivity index (χ4v) is 2.46. The number of nitrogens with one attached hydrogen (secondary N) is 1. The lowest BCUT2D eigenvalue weighted by Crippen LogP contribution is -2.33. The Labute approximate surface area is 115 Å². The molecule has 108 valence electrons. The number of benzene rings is 1. The molecule has 0 aromatic heterocycles. The third-order valence-electron chi connectivity index (χ3n) is 3.60. The highest BCUT2D eigenvalue weighted by molar-refractivity contribution is 5.53. The molecule has 0 saturated heterocycles. The molecule has 0 bridgehead atoms. The molecule has 0 radical (unpaired) electrons. The van der Waals surface area contributed by atoms with Gasteiger partial charge in [0.2, 0.25) is 0 Å². The maximum Gasteiger partial charge on any atom is 0.417 e. The van der Waals surface area contributed by atoms with Gasteiger partial charge in [-0.2, -0.15) is 18.4 Å². The minimum absolute atomic E-state index is 0.218. The van der Waals surface area contributed by atoms with Crippen molar-refractivity contribution < 1.29 is 18.3 Å². The Bertz CT molecular complexity index is 528. The van der Waals surface area contributed by atoms with Crippen molar-refractivity contribution in [2.75, 3.05) is 11.9 Å². The Morgan fingerprint density at radius 3 is 2.50 bits per heavy atom. The summed E-state index contributed by atoms with van der Waals surface area (Å²) in [7, 11) is 0. The number of hydrogen-bond donors (Lipinski definition) is 2. The van der Waals surface area contributed by atoms with Crippen molar-refractivity contribution in [2.45, 2.75) is 37.5 Å². The highest BCUT2D eigenvalue weighted by atomic mass is 19.4. The first kappa shape index (κ1) is 14.7. The molecule has 0 aliphatic heterocycles. The fourth-order valence-electron chi connectivity index (χ4n) is 2.46. The van der Waals surface area contributed by atoms with E-state index in [9.17, 15) is 18.3 Å². The van der Waals surface area contributed by atoms with Crippen LogP contribution in [0.4, 0.5) is 18.9 Å². The molecular formula is C14H15F3N2O. The van der Waals surface area contributed by atoms with Gasteiger partial charge in [-0.15, -0.1) is 0 Å². The van der Waals surface area contributed by atoms with E-state index in [0.717, 1.165) is 25.0 Å². The first-order chi connectivity index (χ1) is 9.34. The van der Waals surface area contributed by atoms with Crippen LogP contribution in [-0.4, -0.2) is 17.3 Å². The van der Waals surface area contributed by atoms with Crippen molar-refractivity contribution in [1.82, 2.24) is 0 Å². The second-order valence-electron chi connectivity index (χ2n) is 5.15. The van der Waals surface area contributed by atoms with Gasteiger partial charge in [0.05, 0.1) is 22.8 Å². The zero-order chi connectivity index (χ0) is 14.8. The summed E-state index contributed by atoms with van der Waals surface area (Å²) in [4.78, 5) is 0. The van der Waals surface area contributed by atoms with Gasteiger partial charge in [-0.05, 0) is 31.0 Å². The number of anilines is 1. The number of nitriles is 1. The minimum atomic E-state index is -4.56. The van der Waals surface area contributed by atoms with E-state index in [1.54, 1.807) is 0 Å². The summed E-state index contributed by atoms with van der Waals surface area (Å²) in [5.41, 5.74) is -1.94. The largest absolute Gasteiger partial charge is 0.417 e. The van der Waals surface area contributed by atoms with Crippen LogP contribution in [0.3, 0.4) is 0 Å². The molecule has 20 heavy (non-hydrogen) atoms. The highest BCUT2D eigenvalue weighted by Gasteiger charge is 2.34. The normalized spacial score (nSPS) is 17.8. The molecule has 2 N–H and O–H groups in total. The Morgan fingerprint density at radius 2 is 1.95 bits per heavy atom. The lowest BCUT2D eigenvalue weighted by Gasteiger charge is -2.23. The third-order valence-corrected chi connectivity index (χ3v) is 3.60. The predicted octanol–water partition coefficient (Wildman–Crippen LogP) is 3.29. The number of alkyl halides is 3. The molecule has 6 heteroatoms. The summed E-state index contributed by atoms with van der Waals surface area (Å²) in [5, 5.41) is 21.7. The summed E-state index contributed by atoms with van der Waals surface area (Å²) in [5.74, 6) is 0. The van der Waals surface area contributed by atoms with Gasteiger partial charge < -0.3 is 10.4 Å². The molecule has 0 amide bonds. The molecule has 2 rings (SSSR count). The van der Waals surface area contributed by atoms with Gasteiger partial charge in [0, 0.05) is 12.2 Å². The molecule has 3 nitrogen and oxygen atoms in total. The van der Waals surface area contributed by atoms with E-state index < -0.39 is 22.9 Å². The SMILES string of the molecule is N#Cc1ccc(NCC2(O)CCCC2)cc1C(F)(F)F. The first-order valence-corrected chi connectivity index (χ1v) is 6.42. The summed E-state index contributed by atoms with van der Waals surface area (Å²) >= 11 is 0. The number of halogens is 3. The Balaban J connectivity index is 2.15. The number of aliphatic hydroxyl groups is 1. The first-order valence-electron chi connectivity index (χ1n) is 6.42. The number of rotatable bonds is 3.